The number of H-pyrrole nitrogens is 1. The maximum atomic E-state index is 17.7. The van der Waals surface area contributed by atoms with Crippen LogP contribution in [0.2, 0.25) is 0 Å². The highest BCUT2D eigenvalue weighted by atomic mass is 31.2. The zero-order valence-corrected chi connectivity index (χ0v) is 32.7. The number of carbonyl (C=O) groups is 1. The summed E-state index contributed by atoms with van der Waals surface area (Å²) in [4.78, 5) is 36.7. The third-order valence-electron chi connectivity index (χ3n) is 8.22. The van der Waals surface area contributed by atoms with E-state index in [0.29, 0.717) is 0 Å². The van der Waals surface area contributed by atoms with Gasteiger partial charge in [-0.3, -0.25) is 24.5 Å². The fraction of sp³-hybridized carbons (Fsp3) is 0.750. The Morgan fingerprint density at radius 2 is 1.49 bits per heavy atom. The van der Waals surface area contributed by atoms with Gasteiger partial charge in [-0.15, -0.1) is 0 Å². The fourth-order valence-corrected chi connectivity index (χ4v) is 9.49. The standard InChI is InChI=1S/C32H50FN9O7P2/c1-18(2)28(43)38-31-37-27-23(29(44)39-31)36-17-40(27)30-26(49-51(46-16-12-14-35)42(21(7)8)22(9)10)32(33)24(47-30)25(32)48-50(45-15-11-13-34)41(19(3)4)20(5)6/h17-22,24-26,30H,11-12,15-16H2,1-10H3,(H2,37,38,39,43,44)/t24-,25?,26+,30-,32+,50?,51?/m1/s1. The summed E-state index contributed by atoms with van der Waals surface area (Å²) in [5.41, 5.74) is -2.82. The van der Waals surface area contributed by atoms with Gasteiger partial charge in [0.1, 0.15) is 12.2 Å². The van der Waals surface area contributed by atoms with Crippen molar-refractivity contribution in [2.45, 2.75) is 136 Å². The number of nitriles is 2. The number of imidazole rings is 1. The van der Waals surface area contributed by atoms with Gasteiger partial charge in [-0.1, -0.05) is 13.8 Å². The highest BCUT2D eigenvalue weighted by Crippen LogP contribution is 2.66. The molecule has 2 fully saturated rings. The molecule has 1 aliphatic carbocycles. The first kappa shape index (κ1) is 41.1. The second-order valence-electron chi connectivity index (χ2n) is 13.8. The van der Waals surface area contributed by atoms with E-state index < -0.39 is 52.8 Å². The average Bonchev–Trinajstić information content (AvgIpc) is 3.28. The molecule has 51 heavy (non-hydrogen) atoms. The first-order chi connectivity index (χ1) is 24.1. The summed E-state index contributed by atoms with van der Waals surface area (Å²) in [7, 11) is -3.79. The number of carbonyl (C=O) groups excluding carboxylic acids is 1. The van der Waals surface area contributed by atoms with Crippen molar-refractivity contribution < 1.29 is 32.0 Å². The fourth-order valence-electron chi connectivity index (χ4n) is 5.95. The number of anilines is 1. The van der Waals surface area contributed by atoms with Gasteiger partial charge in [0.05, 0.1) is 44.5 Å². The molecule has 2 aliphatic rings. The lowest BCUT2D eigenvalue weighted by atomic mass is 10.2. The zero-order chi connectivity index (χ0) is 37.8. The number of halogens is 1. The predicted molar refractivity (Wildman–Crippen MR) is 190 cm³/mol. The number of rotatable bonds is 19. The minimum absolute atomic E-state index is 0.0214. The predicted octanol–water partition coefficient (Wildman–Crippen LogP) is 5.66. The molecule has 0 bridgehead atoms. The Hall–Kier alpha value is -2.69. The number of fused-ring (bicyclic) bond motifs is 2. The van der Waals surface area contributed by atoms with Crippen LogP contribution in [-0.2, 0) is 27.6 Å². The van der Waals surface area contributed by atoms with Gasteiger partial charge < -0.3 is 22.8 Å². The Kier molecular flexibility index (Phi) is 14.0. The Bertz CT molecular complexity index is 1630. The van der Waals surface area contributed by atoms with Crippen LogP contribution < -0.4 is 10.9 Å². The molecule has 3 heterocycles. The van der Waals surface area contributed by atoms with E-state index in [1.165, 1.54) is 10.9 Å². The molecular formula is C32H50FN9O7P2. The van der Waals surface area contributed by atoms with Crippen molar-refractivity contribution in [1.29, 1.82) is 10.5 Å². The molecule has 2 aromatic rings. The molecule has 282 valence electrons. The van der Waals surface area contributed by atoms with Gasteiger partial charge in [-0.25, -0.2) is 18.7 Å². The van der Waals surface area contributed by atoms with Crippen molar-refractivity contribution in [2.75, 3.05) is 18.5 Å². The van der Waals surface area contributed by atoms with Crippen molar-refractivity contribution in [3.63, 3.8) is 0 Å². The summed E-state index contributed by atoms with van der Waals surface area (Å²) in [6, 6.07) is 3.94. The normalized spacial score (nSPS) is 24.2. The lowest BCUT2D eigenvalue weighted by molar-refractivity contribution is -0.118. The topological polar surface area (TPSA) is 193 Å². The van der Waals surface area contributed by atoms with Crippen LogP contribution in [0.3, 0.4) is 0 Å². The molecule has 7 atom stereocenters. The first-order valence-corrected chi connectivity index (χ1v) is 19.5. The quantitative estimate of drug-likeness (QED) is 0.132. The summed E-state index contributed by atoms with van der Waals surface area (Å²) < 4.78 is 54.8. The van der Waals surface area contributed by atoms with Crippen LogP contribution in [0.15, 0.2) is 11.1 Å². The van der Waals surface area contributed by atoms with Crippen LogP contribution in [0.5, 0.6) is 0 Å². The summed E-state index contributed by atoms with van der Waals surface area (Å²) >= 11 is 0. The Morgan fingerprint density at radius 3 is 1.96 bits per heavy atom. The number of nitrogens with one attached hydrogen (secondary N) is 2. The summed E-state index contributed by atoms with van der Waals surface area (Å²) in [6.45, 7) is 19.4. The van der Waals surface area contributed by atoms with E-state index in [9.17, 15) is 14.9 Å². The third-order valence-corrected chi connectivity index (χ3v) is 12.4. The first-order valence-electron chi connectivity index (χ1n) is 17.2. The molecule has 1 saturated carbocycles. The Balaban J connectivity index is 1.78. The number of hydrogen-bond acceptors (Lipinski definition) is 13. The maximum absolute atomic E-state index is 17.7. The lowest BCUT2D eigenvalue weighted by Gasteiger charge is -2.39. The molecular weight excluding hydrogens is 703 g/mol. The molecule has 2 N–H and O–H groups in total. The van der Waals surface area contributed by atoms with Gasteiger partial charge in [0.15, 0.2) is 29.2 Å². The second-order valence-corrected chi connectivity index (χ2v) is 16.6. The second kappa shape index (κ2) is 17.4. The Labute approximate surface area is 300 Å². The average molecular weight is 754 g/mol. The molecule has 1 aliphatic heterocycles. The van der Waals surface area contributed by atoms with E-state index in [-0.39, 0.29) is 79.2 Å². The van der Waals surface area contributed by atoms with Gasteiger partial charge in [0, 0.05) is 30.1 Å². The van der Waals surface area contributed by atoms with E-state index in [4.69, 9.17) is 28.1 Å². The number of aromatic nitrogens is 4. The maximum Gasteiger partial charge on any atom is 0.280 e. The van der Waals surface area contributed by atoms with E-state index in [0.717, 1.165) is 0 Å². The van der Waals surface area contributed by atoms with E-state index in [2.05, 4.69) is 32.4 Å². The molecule has 19 heteroatoms. The number of aromatic amines is 1. The van der Waals surface area contributed by atoms with Crippen molar-refractivity contribution in [3.8, 4) is 12.1 Å². The SMILES string of the molecule is CC(C)C(=O)Nc1nc2c(ncn2[C@@H]2O[C@@H]3C(OP(OCCC#N)N(C(C)C)C(C)C)[C@]3(F)[C@H]2OP(OCCC#N)N(C(C)C)C(C)C)c(=O)[nH]1. The summed E-state index contributed by atoms with van der Waals surface area (Å²) in [5.74, 6) is -0.844. The summed E-state index contributed by atoms with van der Waals surface area (Å²) in [6.07, 6.45) is -3.21. The lowest BCUT2D eigenvalue weighted by Crippen LogP contribution is -2.40. The van der Waals surface area contributed by atoms with Crippen LogP contribution in [0.4, 0.5) is 10.3 Å². The molecule has 4 rings (SSSR count). The van der Waals surface area contributed by atoms with Gasteiger partial charge in [-0.05, 0) is 55.4 Å². The third kappa shape index (κ3) is 8.93. The van der Waals surface area contributed by atoms with Crippen LogP contribution in [0.1, 0.15) is 88.3 Å². The van der Waals surface area contributed by atoms with Gasteiger partial charge >= 0.3 is 0 Å². The van der Waals surface area contributed by atoms with E-state index >= 15 is 4.39 Å². The van der Waals surface area contributed by atoms with Crippen molar-refractivity contribution in [3.05, 3.63) is 16.7 Å². The molecule has 1 saturated heterocycles. The van der Waals surface area contributed by atoms with E-state index in [1.807, 2.05) is 64.7 Å². The van der Waals surface area contributed by atoms with E-state index in [1.54, 1.807) is 13.8 Å². The van der Waals surface area contributed by atoms with Gasteiger partial charge in [0.25, 0.3) is 22.6 Å². The monoisotopic (exact) mass is 753 g/mol. The number of ether oxygens (including phenoxy) is 1. The molecule has 16 nitrogen and oxygen atoms in total. The molecule has 3 unspecified atom stereocenters. The largest absolute Gasteiger partial charge is 0.345 e. The van der Waals surface area contributed by atoms with Crippen LogP contribution in [0.25, 0.3) is 11.2 Å². The van der Waals surface area contributed by atoms with Crippen LogP contribution in [-0.4, -0.2) is 96.1 Å². The molecule has 0 radical (unpaired) electrons. The highest BCUT2D eigenvalue weighted by Gasteiger charge is 2.82. The van der Waals surface area contributed by atoms with Crippen molar-refractivity contribution >= 4 is 40.1 Å². The number of nitrogens with zero attached hydrogens (tertiary/aromatic N) is 7. The van der Waals surface area contributed by atoms with Crippen molar-refractivity contribution in [2.24, 2.45) is 5.92 Å². The smallest absolute Gasteiger partial charge is 0.280 e. The minimum atomic E-state index is -2.21. The van der Waals surface area contributed by atoms with Crippen LogP contribution in [0, 0.1) is 28.6 Å². The number of alkyl halides is 1. The van der Waals surface area contributed by atoms with Gasteiger partial charge in [0.2, 0.25) is 11.9 Å². The Morgan fingerprint density at radius 1 is 0.980 bits per heavy atom. The molecule has 0 spiro atoms. The van der Waals surface area contributed by atoms with Gasteiger partial charge in [-0.2, -0.15) is 15.5 Å². The molecule has 0 aromatic carbocycles. The molecule has 1 amide bonds. The summed E-state index contributed by atoms with van der Waals surface area (Å²) in [5, 5.41) is 21.0. The van der Waals surface area contributed by atoms with Crippen molar-refractivity contribution in [1.82, 2.24) is 28.9 Å². The number of amides is 1. The number of hydrogen-bond donors (Lipinski definition) is 2. The zero-order valence-electron chi connectivity index (χ0n) is 30.9. The highest BCUT2D eigenvalue weighted by molar-refractivity contribution is 7.45. The minimum Gasteiger partial charge on any atom is -0.345 e. The molecule has 2 aromatic heterocycles. The van der Waals surface area contributed by atoms with Crippen LogP contribution >= 0.6 is 17.1 Å².